The maximum atomic E-state index is 13.1. The van der Waals surface area contributed by atoms with Crippen LogP contribution in [0.1, 0.15) is 32.1 Å². The van der Waals surface area contributed by atoms with Gasteiger partial charge in [-0.1, -0.05) is 22.8 Å². The fourth-order valence-electron chi connectivity index (χ4n) is 3.11. The molecule has 1 aromatic carbocycles. The van der Waals surface area contributed by atoms with E-state index in [4.69, 9.17) is 20.3 Å². The monoisotopic (exact) mass is 562 g/mol. The number of aromatic nitrogens is 1. The zero-order valence-corrected chi connectivity index (χ0v) is 22.8. The highest BCUT2D eigenvalue weighted by molar-refractivity contribution is 7.93. The Balaban J connectivity index is 1.95. The third-order valence-electron chi connectivity index (χ3n) is 4.92. The Morgan fingerprint density at radius 3 is 2.37 bits per heavy atom. The summed E-state index contributed by atoms with van der Waals surface area (Å²) in [5.74, 6) is -0.914. The fourth-order valence-corrected chi connectivity index (χ4v) is 6.22. The van der Waals surface area contributed by atoms with Crippen LogP contribution in [0.2, 0.25) is 5.02 Å². The molecule has 0 saturated heterocycles. The van der Waals surface area contributed by atoms with Crippen molar-refractivity contribution in [1.29, 1.82) is 0 Å². The van der Waals surface area contributed by atoms with E-state index in [1.165, 1.54) is 25.5 Å². The van der Waals surface area contributed by atoms with Crippen molar-refractivity contribution in [3.8, 4) is 5.75 Å². The molecular formula is C20H23ClN4O7S3. The first-order chi connectivity index (χ1) is 16.2. The number of rotatable bonds is 8. The summed E-state index contributed by atoms with van der Waals surface area (Å²) in [6.07, 6.45) is 0. The number of amides is 1. The molecule has 1 amide bonds. The highest BCUT2D eigenvalue weighted by Gasteiger charge is 2.28. The molecule has 3 rings (SSSR count). The second-order valence-electron chi connectivity index (χ2n) is 7.75. The largest absolute Gasteiger partial charge is 0.384 e. The van der Waals surface area contributed by atoms with Crippen LogP contribution in [0, 0.1) is 27.7 Å². The zero-order valence-electron chi connectivity index (χ0n) is 19.6. The minimum absolute atomic E-state index is 0.000849. The van der Waals surface area contributed by atoms with E-state index >= 15 is 0 Å². The molecule has 0 atom stereocenters. The molecule has 2 aromatic heterocycles. The number of hydrogen-bond acceptors (Lipinski definition) is 9. The van der Waals surface area contributed by atoms with E-state index in [0.717, 1.165) is 15.6 Å². The van der Waals surface area contributed by atoms with Gasteiger partial charge in [0.2, 0.25) is 0 Å². The third kappa shape index (κ3) is 5.46. The molecule has 0 spiro atoms. The number of aryl methyl sites for hydroxylation is 3. The topological polar surface area (TPSA) is 148 Å². The molecule has 0 aliphatic rings. The number of carbonyl (C=O) groups excluding carboxylic acids is 1. The molecule has 0 radical (unpaired) electrons. The van der Waals surface area contributed by atoms with Gasteiger partial charge in [-0.25, -0.2) is 13.1 Å². The van der Waals surface area contributed by atoms with Gasteiger partial charge in [-0.15, -0.1) is 11.3 Å². The molecule has 3 aromatic rings. The lowest BCUT2D eigenvalue weighted by molar-refractivity contribution is 0.102. The standard InChI is InChI=1S/C20H23ClN4O7S3/c1-10-9-11(2)17(32-35(29,30)25(5)6)12(3)16(10)22-19(26)18-14(7-8-33-18)34(27,28)24-20-15(21)13(4)23-31-20/h7-9,24H,1-6H3,(H,22,26). The summed E-state index contributed by atoms with van der Waals surface area (Å²) in [6.45, 7) is 6.54. The molecule has 2 N–H and O–H groups in total. The minimum Gasteiger partial charge on any atom is -0.370 e. The summed E-state index contributed by atoms with van der Waals surface area (Å²) in [5.41, 5.74) is 2.14. The maximum absolute atomic E-state index is 13.1. The van der Waals surface area contributed by atoms with Crippen LogP contribution in [0.3, 0.4) is 0 Å². The predicted octanol–water partition coefficient (Wildman–Crippen LogP) is 3.86. The molecule has 0 fully saturated rings. The van der Waals surface area contributed by atoms with Gasteiger partial charge in [0.05, 0.1) is 5.69 Å². The van der Waals surface area contributed by atoms with Gasteiger partial charge < -0.3 is 14.0 Å². The Hall–Kier alpha value is -2.65. The van der Waals surface area contributed by atoms with Crippen LogP contribution in [0.4, 0.5) is 11.6 Å². The van der Waals surface area contributed by atoms with Crippen molar-refractivity contribution in [2.24, 2.45) is 0 Å². The summed E-state index contributed by atoms with van der Waals surface area (Å²) in [5, 5.41) is 7.73. The number of nitrogens with zero attached hydrogens (tertiary/aromatic N) is 2. The van der Waals surface area contributed by atoms with Gasteiger partial charge in [0.1, 0.15) is 20.5 Å². The van der Waals surface area contributed by atoms with Crippen molar-refractivity contribution >= 4 is 60.7 Å². The van der Waals surface area contributed by atoms with Gasteiger partial charge in [0, 0.05) is 19.7 Å². The summed E-state index contributed by atoms with van der Waals surface area (Å²) < 4.78 is 63.7. The van der Waals surface area contributed by atoms with Crippen LogP contribution < -0.4 is 14.2 Å². The first-order valence-electron chi connectivity index (χ1n) is 9.92. The summed E-state index contributed by atoms with van der Waals surface area (Å²) in [7, 11) is -5.63. The van der Waals surface area contributed by atoms with Crippen LogP contribution in [0.15, 0.2) is 26.9 Å². The maximum Gasteiger partial charge on any atom is 0.384 e. The number of carbonyl (C=O) groups is 1. The number of halogens is 1. The van der Waals surface area contributed by atoms with Crippen molar-refractivity contribution in [3.63, 3.8) is 0 Å². The van der Waals surface area contributed by atoms with Gasteiger partial charge in [-0.3, -0.25) is 4.79 Å². The van der Waals surface area contributed by atoms with Crippen molar-refractivity contribution in [1.82, 2.24) is 9.46 Å². The number of thiophene rings is 1. The summed E-state index contributed by atoms with van der Waals surface area (Å²) in [4.78, 5) is 12.7. The molecule has 0 bridgehead atoms. The molecule has 0 saturated carbocycles. The van der Waals surface area contributed by atoms with E-state index in [1.807, 2.05) is 0 Å². The molecular weight excluding hydrogens is 540 g/mol. The van der Waals surface area contributed by atoms with Gasteiger partial charge >= 0.3 is 10.3 Å². The number of sulfonamides is 1. The minimum atomic E-state index is -4.24. The highest BCUT2D eigenvalue weighted by atomic mass is 35.5. The quantitative estimate of drug-likeness (QED) is 0.420. The SMILES string of the molecule is Cc1cc(C)c(OS(=O)(=O)N(C)C)c(C)c1NC(=O)c1sccc1S(=O)(=O)Nc1onc(C)c1Cl. The Bertz CT molecular complexity index is 1510. The molecule has 0 unspecified atom stereocenters. The second kappa shape index (κ2) is 9.78. The first kappa shape index (κ1) is 26.9. The number of benzene rings is 1. The van der Waals surface area contributed by atoms with Crippen LogP contribution in [-0.4, -0.2) is 46.3 Å². The van der Waals surface area contributed by atoms with Crippen LogP contribution in [0.5, 0.6) is 5.75 Å². The predicted molar refractivity (Wildman–Crippen MR) is 133 cm³/mol. The highest BCUT2D eigenvalue weighted by Crippen LogP contribution is 2.35. The van der Waals surface area contributed by atoms with Crippen molar-refractivity contribution < 1.29 is 30.3 Å². The van der Waals surface area contributed by atoms with Crippen LogP contribution in [0.25, 0.3) is 0 Å². The smallest absolute Gasteiger partial charge is 0.370 e. The van der Waals surface area contributed by atoms with E-state index in [1.54, 1.807) is 33.8 Å². The van der Waals surface area contributed by atoms with Gasteiger partial charge in [-0.05, 0) is 50.3 Å². The fraction of sp³-hybridized carbons (Fsp3) is 0.300. The van der Waals surface area contributed by atoms with E-state index in [-0.39, 0.29) is 26.4 Å². The van der Waals surface area contributed by atoms with Crippen molar-refractivity contribution in [2.75, 3.05) is 24.1 Å². The van der Waals surface area contributed by atoms with Crippen LogP contribution >= 0.6 is 22.9 Å². The zero-order chi connectivity index (χ0) is 26.3. The summed E-state index contributed by atoms with van der Waals surface area (Å²) >= 11 is 6.91. The van der Waals surface area contributed by atoms with Crippen molar-refractivity contribution in [2.45, 2.75) is 32.6 Å². The lowest BCUT2D eigenvalue weighted by Crippen LogP contribution is -2.27. The van der Waals surface area contributed by atoms with Gasteiger partial charge in [0.25, 0.3) is 21.8 Å². The third-order valence-corrected chi connectivity index (χ3v) is 9.05. The number of nitrogens with one attached hydrogen (secondary N) is 2. The normalized spacial score (nSPS) is 12.1. The van der Waals surface area contributed by atoms with Gasteiger partial charge in [-0.2, -0.15) is 12.7 Å². The number of hydrogen-bond donors (Lipinski definition) is 2. The molecule has 15 heteroatoms. The molecule has 11 nitrogen and oxygen atoms in total. The first-order valence-corrected chi connectivity index (χ1v) is 14.0. The van der Waals surface area contributed by atoms with E-state index in [0.29, 0.717) is 28.1 Å². The summed E-state index contributed by atoms with van der Waals surface area (Å²) in [6, 6.07) is 2.93. The average Bonchev–Trinajstić information content (AvgIpc) is 3.37. The Labute approximate surface area is 212 Å². The number of anilines is 2. The molecule has 2 heterocycles. The van der Waals surface area contributed by atoms with E-state index in [9.17, 15) is 21.6 Å². The molecule has 190 valence electrons. The van der Waals surface area contributed by atoms with Gasteiger partial charge in [0.15, 0.2) is 5.75 Å². The molecule has 0 aliphatic heterocycles. The van der Waals surface area contributed by atoms with Crippen molar-refractivity contribution in [3.05, 3.63) is 49.8 Å². The average molecular weight is 563 g/mol. The Kier molecular flexibility index (Phi) is 7.53. The van der Waals surface area contributed by atoms with E-state index in [2.05, 4.69) is 15.2 Å². The Morgan fingerprint density at radius 1 is 1.14 bits per heavy atom. The molecule has 0 aliphatic carbocycles. The molecule has 35 heavy (non-hydrogen) atoms. The lowest BCUT2D eigenvalue weighted by atomic mass is 10.0. The Morgan fingerprint density at radius 2 is 1.80 bits per heavy atom. The lowest BCUT2D eigenvalue weighted by Gasteiger charge is -2.19. The van der Waals surface area contributed by atoms with Crippen LogP contribution in [-0.2, 0) is 20.3 Å². The second-order valence-corrected chi connectivity index (χ2v) is 12.4. The van der Waals surface area contributed by atoms with E-state index < -0.39 is 26.2 Å².